The van der Waals surface area contributed by atoms with Gasteiger partial charge in [0, 0.05) is 0 Å². The van der Waals surface area contributed by atoms with Crippen LogP contribution in [-0.4, -0.2) is 44.4 Å². The highest BCUT2D eigenvalue weighted by molar-refractivity contribution is 7.89. The van der Waals surface area contributed by atoms with E-state index in [0.29, 0.717) is 12.8 Å². The Morgan fingerprint density at radius 1 is 1.33 bits per heavy atom. The first-order valence-corrected chi connectivity index (χ1v) is 8.58. The van der Waals surface area contributed by atoms with Gasteiger partial charge in [-0.25, -0.2) is 13.1 Å². The number of carboxylic acid groups (broad SMARTS) is 1. The molecule has 0 radical (unpaired) electrons. The van der Waals surface area contributed by atoms with Gasteiger partial charge in [-0.15, -0.1) is 0 Å². The van der Waals surface area contributed by atoms with Gasteiger partial charge in [-0.1, -0.05) is 20.3 Å². The summed E-state index contributed by atoms with van der Waals surface area (Å²) in [5.74, 6) is -2.15. The van der Waals surface area contributed by atoms with E-state index in [1.165, 1.54) is 7.11 Å². The molecule has 0 heterocycles. The minimum atomic E-state index is -3.88. The Labute approximate surface area is 125 Å². The molecule has 0 bridgehead atoms. The van der Waals surface area contributed by atoms with Crippen molar-refractivity contribution < 1.29 is 27.9 Å². The fourth-order valence-corrected chi connectivity index (χ4v) is 4.37. The normalized spacial score (nSPS) is 18.9. The van der Waals surface area contributed by atoms with Crippen molar-refractivity contribution in [2.24, 2.45) is 11.3 Å². The maximum Gasteiger partial charge on any atom is 0.321 e. The van der Waals surface area contributed by atoms with Crippen LogP contribution in [-0.2, 0) is 24.3 Å². The van der Waals surface area contributed by atoms with E-state index in [1.54, 1.807) is 0 Å². The van der Waals surface area contributed by atoms with Gasteiger partial charge in [0.1, 0.15) is 6.04 Å². The Morgan fingerprint density at radius 3 is 2.24 bits per heavy atom. The molecule has 0 saturated heterocycles. The SMILES string of the molecule is COC(=O)C1(CS(=O)(=O)N[C@H](CC(C)C)C(=O)O)CCC1. The average Bonchev–Trinajstić information content (AvgIpc) is 2.31. The standard InChI is InChI=1S/C13H23NO6S/c1-9(2)7-10(11(15)16)14-21(18,19)8-13(5-4-6-13)12(17)20-3/h9-10,14H,4-8H2,1-3H3,(H,15,16)/t10-/m1/s1. The van der Waals surface area contributed by atoms with E-state index < -0.39 is 39.2 Å². The molecule has 0 unspecified atom stereocenters. The summed E-state index contributed by atoms with van der Waals surface area (Å²) in [6.45, 7) is 3.62. The highest BCUT2D eigenvalue weighted by atomic mass is 32.2. The molecule has 2 N–H and O–H groups in total. The van der Waals surface area contributed by atoms with Crippen molar-refractivity contribution in [1.82, 2.24) is 4.72 Å². The van der Waals surface area contributed by atoms with E-state index in [2.05, 4.69) is 9.46 Å². The van der Waals surface area contributed by atoms with E-state index in [1.807, 2.05) is 13.8 Å². The number of rotatable bonds is 8. The van der Waals surface area contributed by atoms with Gasteiger partial charge in [-0.3, -0.25) is 9.59 Å². The number of methoxy groups -OCH3 is 1. The predicted octanol–water partition coefficient (Wildman–Crippen LogP) is 0.748. The molecule has 7 nitrogen and oxygen atoms in total. The van der Waals surface area contributed by atoms with Gasteiger partial charge in [-0.05, 0) is 25.2 Å². The molecule has 1 rings (SSSR count). The van der Waals surface area contributed by atoms with Crippen LogP contribution in [0.2, 0.25) is 0 Å². The number of hydrogen-bond acceptors (Lipinski definition) is 5. The second-order valence-electron chi connectivity index (χ2n) is 6.02. The Bertz CT molecular complexity index is 495. The van der Waals surface area contributed by atoms with Crippen molar-refractivity contribution in [3.63, 3.8) is 0 Å². The quantitative estimate of drug-likeness (QED) is 0.638. The lowest BCUT2D eigenvalue weighted by atomic mass is 9.70. The number of carbonyl (C=O) groups is 2. The van der Waals surface area contributed by atoms with Gasteiger partial charge >= 0.3 is 11.9 Å². The number of hydrogen-bond donors (Lipinski definition) is 2. The number of ether oxygens (including phenoxy) is 1. The third-order valence-corrected chi connectivity index (χ3v) is 5.30. The van der Waals surface area contributed by atoms with Crippen molar-refractivity contribution in [3.8, 4) is 0 Å². The summed E-state index contributed by atoms with van der Waals surface area (Å²) < 4.78 is 31.2. The molecular weight excluding hydrogens is 298 g/mol. The molecule has 122 valence electrons. The molecule has 1 saturated carbocycles. The largest absolute Gasteiger partial charge is 0.480 e. The molecule has 1 aliphatic rings. The number of nitrogens with one attached hydrogen (secondary N) is 1. The summed E-state index contributed by atoms with van der Waals surface area (Å²) in [5, 5.41) is 9.09. The van der Waals surface area contributed by atoms with Gasteiger partial charge in [0.05, 0.1) is 18.3 Å². The first kappa shape index (κ1) is 17.9. The Hall–Kier alpha value is -1.15. The van der Waals surface area contributed by atoms with Crippen molar-refractivity contribution in [1.29, 1.82) is 0 Å². The monoisotopic (exact) mass is 321 g/mol. The molecule has 0 aromatic heterocycles. The fraction of sp³-hybridized carbons (Fsp3) is 0.846. The second kappa shape index (κ2) is 6.74. The third-order valence-electron chi connectivity index (χ3n) is 3.72. The highest BCUT2D eigenvalue weighted by Crippen LogP contribution is 2.43. The van der Waals surface area contributed by atoms with Crippen LogP contribution in [0.4, 0.5) is 0 Å². The molecule has 0 amide bonds. The lowest BCUT2D eigenvalue weighted by molar-refractivity contribution is -0.156. The summed E-state index contributed by atoms with van der Waals surface area (Å²) in [5.41, 5.74) is -1.03. The number of carbonyl (C=O) groups excluding carboxylic acids is 1. The Morgan fingerprint density at radius 2 is 1.90 bits per heavy atom. The lowest BCUT2D eigenvalue weighted by Crippen LogP contribution is -2.50. The predicted molar refractivity (Wildman–Crippen MR) is 76.1 cm³/mol. The minimum Gasteiger partial charge on any atom is -0.480 e. The Balaban J connectivity index is 2.80. The highest BCUT2D eigenvalue weighted by Gasteiger charge is 2.49. The molecule has 0 aromatic carbocycles. The van der Waals surface area contributed by atoms with E-state index in [-0.39, 0.29) is 12.3 Å². The van der Waals surface area contributed by atoms with Crippen LogP contribution in [0, 0.1) is 11.3 Å². The number of aliphatic carboxylic acids is 1. The molecule has 0 spiro atoms. The van der Waals surface area contributed by atoms with E-state index in [9.17, 15) is 18.0 Å². The summed E-state index contributed by atoms with van der Waals surface area (Å²) in [4.78, 5) is 22.9. The van der Waals surface area contributed by atoms with Crippen LogP contribution in [0.3, 0.4) is 0 Å². The number of esters is 1. The topological polar surface area (TPSA) is 110 Å². The van der Waals surface area contributed by atoms with Crippen molar-refractivity contribution in [2.75, 3.05) is 12.9 Å². The zero-order valence-corrected chi connectivity index (χ0v) is 13.4. The molecule has 0 aliphatic heterocycles. The van der Waals surface area contributed by atoms with Crippen molar-refractivity contribution >= 4 is 22.0 Å². The first-order valence-electron chi connectivity index (χ1n) is 6.93. The summed E-state index contributed by atoms with van der Waals surface area (Å²) in [6.07, 6.45) is 1.85. The molecule has 1 atom stereocenters. The van der Waals surface area contributed by atoms with Gasteiger partial charge < -0.3 is 9.84 Å². The summed E-state index contributed by atoms with van der Waals surface area (Å²) >= 11 is 0. The van der Waals surface area contributed by atoms with Crippen LogP contribution in [0.25, 0.3) is 0 Å². The van der Waals surface area contributed by atoms with Gasteiger partial charge in [0.25, 0.3) is 0 Å². The molecule has 21 heavy (non-hydrogen) atoms. The summed E-state index contributed by atoms with van der Waals surface area (Å²) in [7, 11) is -2.65. The van der Waals surface area contributed by atoms with E-state index in [4.69, 9.17) is 5.11 Å². The fourth-order valence-electron chi connectivity index (χ4n) is 2.52. The molecule has 1 aliphatic carbocycles. The minimum absolute atomic E-state index is 0.0343. The molecule has 1 fully saturated rings. The third kappa shape index (κ3) is 4.67. The number of sulfonamides is 1. The van der Waals surface area contributed by atoms with Crippen molar-refractivity contribution in [2.45, 2.75) is 45.6 Å². The van der Waals surface area contributed by atoms with E-state index in [0.717, 1.165) is 6.42 Å². The zero-order chi connectivity index (χ0) is 16.3. The zero-order valence-electron chi connectivity index (χ0n) is 12.6. The van der Waals surface area contributed by atoms with Gasteiger partial charge in [0.2, 0.25) is 10.0 Å². The lowest BCUT2D eigenvalue weighted by Gasteiger charge is -2.38. The van der Waals surface area contributed by atoms with Crippen LogP contribution in [0.1, 0.15) is 39.5 Å². The van der Waals surface area contributed by atoms with Crippen LogP contribution >= 0.6 is 0 Å². The molecule has 8 heteroatoms. The van der Waals surface area contributed by atoms with Crippen LogP contribution < -0.4 is 4.72 Å². The smallest absolute Gasteiger partial charge is 0.321 e. The summed E-state index contributed by atoms with van der Waals surface area (Å²) in [6, 6.07) is -1.18. The maximum absolute atomic E-state index is 12.2. The molecular formula is C13H23NO6S. The van der Waals surface area contributed by atoms with Crippen LogP contribution in [0.5, 0.6) is 0 Å². The maximum atomic E-state index is 12.2. The molecule has 0 aromatic rings. The second-order valence-corrected chi connectivity index (χ2v) is 7.78. The van der Waals surface area contributed by atoms with E-state index >= 15 is 0 Å². The average molecular weight is 321 g/mol. The first-order chi connectivity index (χ1) is 9.62. The van der Waals surface area contributed by atoms with Gasteiger partial charge in [0.15, 0.2) is 0 Å². The Kier molecular flexibility index (Phi) is 5.75. The van der Waals surface area contributed by atoms with Gasteiger partial charge in [-0.2, -0.15) is 0 Å². The van der Waals surface area contributed by atoms with Crippen LogP contribution in [0.15, 0.2) is 0 Å². The number of carboxylic acids is 1. The van der Waals surface area contributed by atoms with Crippen molar-refractivity contribution in [3.05, 3.63) is 0 Å².